The fraction of sp³-hybridized carbons (Fsp3) is 0.714. The molecule has 1 aromatic rings. The second-order valence-electron chi connectivity index (χ2n) is 3.09. The highest BCUT2D eigenvalue weighted by molar-refractivity contribution is 7.09. The van der Waals surface area contributed by atoms with E-state index in [2.05, 4.69) is 9.36 Å². The van der Waals surface area contributed by atoms with Crippen molar-refractivity contribution in [2.75, 3.05) is 18.5 Å². The van der Waals surface area contributed by atoms with Crippen molar-refractivity contribution in [3.8, 4) is 0 Å². The summed E-state index contributed by atoms with van der Waals surface area (Å²) in [6, 6.07) is -0.0703. The highest BCUT2D eigenvalue weighted by atomic mass is 32.1. The molecule has 0 radical (unpaired) electrons. The second kappa shape index (κ2) is 4.31. The first-order valence-corrected chi connectivity index (χ1v) is 4.97. The molecule has 0 aliphatic carbocycles. The average Bonchev–Trinajstić information content (AvgIpc) is 2.63. The third kappa shape index (κ3) is 2.78. The van der Waals surface area contributed by atoms with Crippen molar-refractivity contribution in [2.24, 2.45) is 5.73 Å². The molecule has 4 nitrogen and oxygen atoms in total. The maximum atomic E-state index is 12.2. The monoisotopic (exact) mass is 240 g/mol. The molecule has 0 spiro atoms. The fourth-order valence-corrected chi connectivity index (χ4v) is 1.57. The first kappa shape index (κ1) is 12.2. The molecular formula is C7H11F3N4S. The van der Waals surface area contributed by atoms with Gasteiger partial charge >= 0.3 is 6.18 Å². The molecule has 0 aliphatic rings. The van der Waals surface area contributed by atoms with Gasteiger partial charge in [-0.3, -0.25) is 0 Å². The van der Waals surface area contributed by atoms with Crippen molar-refractivity contribution >= 4 is 16.7 Å². The van der Waals surface area contributed by atoms with Crippen LogP contribution in [0.15, 0.2) is 0 Å². The van der Waals surface area contributed by atoms with Crippen LogP contribution >= 0.6 is 11.5 Å². The standard InChI is InChI=1S/C7H11F3N4S/c1-4(3-11)14(2)6-12-5(13-15-6)7(8,9)10/h4H,3,11H2,1-2H3. The van der Waals surface area contributed by atoms with Crippen LogP contribution in [0.25, 0.3) is 0 Å². The fourth-order valence-electron chi connectivity index (χ4n) is 0.821. The van der Waals surface area contributed by atoms with Crippen LogP contribution in [0.3, 0.4) is 0 Å². The van der Waals surface area contributed by atoms with E-state index in [9.17, 15) is 13.2 Å². The Bertz CT molecular complexity index is 324. The Morgan fingerprint density at radius 1 is 1.53 bits per heavy atom. The van der Waals surface area contributed by atoms with Crippen LogP contribution in [0, 0.1) is 0 Å². The molecule has 15 heavy (non-hydrogen) atoms. The van der Waals surface area contributed by atoms with E-state index in [4.69, 9.17) is 5.73 Å². The lowest BCUT2D eigenvalue weighted by atomic mass is 10.3. The Balaban J connectivity index is 2.85. The van der Waals surface area contributed by atoms with Crippen molar-refractivity contribution in [1.82, 2.24) is 9.36 Å². The number of alkyl halides is 3. The zero-order valence-electron chi connectivity index (χ0n) is 8.25. The van der Waals surface area contributed by atoms with Crippen molar-refractivity contribution in [2.45, 2.75) is 19.1 Å². The van der Waals surface area contributed by atoms with Gasteiger partial charge in [0.05, 0.1) is 0 Å². The van der Waals surface area contributed by atoms with Crippen LogP contribution in [0.1, 0.15) is 12.7 Å². The summed E-state index contributed by atoms with van der Waals surface area (Å²) in [6.45, 7) is 2.14. The Morgan fingerprint density at radius 3 is 2.53 bits per heavy atom. The smallest absolute Gasteiger partial charge is 0.346 e. The molecule has 0 aromatic carbocycles. The molecule has 86 valence electrons. The van der Waals surface area contributed by atoms with Gasteiger partial charge in [-0.15, -0.1) is 0 Å². The molecule has 1 rings (SSSR count). The molecule has 1 atom stereocenters. The van der Waals surface area contributed by atoms with Gasteiger partial charge < -0.3 is 10.6 Å². The summed E-state index contributed by atoms with van der Waals surface area (Å²) in [5.74, 6) is -1.10. The topological polar surface area (TPSA) is 55.0 Å². The van der Waals surface area contributed by atoms with Crippen LogP contribution in [-0.4, -0.2) is 29.0 Å². The molecule has 0 aliphatic heterocycles. The summed E-state index contributed by atoms with van der Waals surface area (Å²) in [6.07, 6.45) is -4.48. The normalized spacial score (nSPS) is 14.0. The van der Waals surface area contributed by atoms with Gasteiger partial charge in [-0.2, -0.15) is 22.5 Å². The first-order chi connectivity index (χ1) is 6.86. The minimum atomic E-state index is -4.48. The van der Waals surface area contributed by atoms with Crippen molar-refractivity contribution < 1.29 is 13.2 Å². The number of nitrogens with zero attached hydrogens (tertiary/aromatic N) is 3. The molecule has 1 heterocycles. The molecule has 0 amide bonds. The van der Waals surface area contributed by atoms with Gasteiger partial charge in [0.15, 0.2) is 0 Å². The lowest BCUT2D eigenvalue weighted by Crippen LogP contribution is -2.35. The van der Waals surface area contributed by atoms with Crippen LogP contribution < -0.4 is 10.6 Å². The van der Waals surface area contributed by atoms with Gasteiger partial charge in [-0.05, 0) is 6.92 Å². The van der Waals surface area contributed by atoms with E-state index in [1.54, 1.807) is 18.9 Å². The summed E-state index contributed by atoms with van der Waals surface area (Å²) in [4.78, 5) is 4.98. The quantitative estimate of drug-likeness (QED) is 0.866. The Labute approximate surface area is 89.1 Å². The van der Waals surface area contributed by atoms with Crippen molar-refractivity contribution in [3.05, 3.63) is 5.82 Å². The summed E-state index contributed by atoms with van der Waals surface area (Å²) in [5.41, 5.74) is 5.40. The second-order valence-corrected chi connectivity index (χ2v) is 3.82. The van der Waals surface area contributed by atoms with Gasteiger partial charge in [-0.25, -0.2) is 0 Å². The number of aromatic nitrogens is 2. The number of halogens is 3. The number of anilines is 1. The Hall–Kier alpha value is -0.890. The average molecular weight is 240 g/mol. The van der Waals surface area contributed by atoms with E-state index >= 15 is 0 Å². The van der Waals surface area contributed by atoms with Gasteiger partial charge in [0.1, 0.15) is 0 Å². The molecule has 0 saturated heterocycles. The number of hydrogen-bond donors (Lipinski definition) is 1. The highest BCUT2D eigenvalue weighted by Gasteiger charge is 2.36. The molecular weight excluding hydrogens is 229 g/mol. The van der Waals surface area contributed by atoms with Crippen LogP contribution in [-0.2, 0) is 6.18 Å². The van der Waals surface area contributed by atoms with Gasteiger partial charge in [0.2, 0.25) is 11.0 Å². The van der Waals surface area contributed by atoms with Crippen LogP contribution in [0.5, 0.6) is 0 Å². The van der Waals surface area contributed by atoms with Crippen LogP contribution in [0.4, 0.5) is 18.3 Å². The SMILES string of the molecule is CC(CN)N(C)c1nc(C(F)(F)F)ns1. The Morgan fingerprint density at radius 2 is 2.13 bits per heavy atom. The first-order valence-electron chi connectivity index (χ1n) is 4.20. The summed E-state index contributed by atoms with van der Waals surface area (Å²) in [7, 11) is 1.64. The Kier molecular flexibility index (Phi) is 3.50. The number of likely N-dealkylation sites (N-methyl/N-ethyl adjacent to an activating group) is 1. The minimum Gasteiger partial charge on any atom is -0.346 e. The van der Waals surface area contributed by atoms with Gasteiger partial charge in [-0.1, -0.05) is 0 Å². The largest absolute Gasteiger partial charge is 0.452 e. The zero-order chi connectivity index (χ0) is 11.6. The van der Waals surface area contributed by atoms with Crippen LogP contribution in [0.2, 0.25) is 0 Å². The summed E-state index contributed by atoms with van der Waals surface area (Å²) >= 11 is 0.717. The van der Waals surface area contributed by atoms with Gasteiger partial charge in [0.25, 0.3) is 0 Å². The van der Waals surface area contributed by atoms with E-state index in [1.807, 2.05) is 0 Å². The molecule has 1 unspecified atom stereocenters. The van der Waals surface area contributed by atoms with E-state index in [0.29, 0.717) is 6.54 Å². The van der Waals surface area contributed by atoms with E-state index in [1.165, 1.54) is 0 Å². The molecule has 8 heteroatoms. The van der Waals surface area contributed by atoms with E-state index < -0.39 is 12.0 Å². The highest BCUT2D eigenvalue weighted by Crippen LogP contribution is 2.30. The summed E-state index contributed by atoms with van der Waals surface area (Å²) in [5, 5.41) is 0.222. The molecule has 0 fully saturated rings. The maximum Gasteiger partial charge on any atom is 0.452 e. The predicted molar refractivity (Wildman–Crippen MR) is 51.8 cm³/mol. The maximum absolute atomic E-state index is 12.2. The number of nitrogens with two attached hydrogens (primary N) is 1. The number of rotatable bonds is 3. The van der Waals surface area contributed by atoms with E-state index in [0.717, 1.165) is 11.5 Å². The lowest BCUT2D eigenvalue weighted by molar-refractivity contribution is -0.144. The lowest BCUT2D eigenvalue weighted by Gasteiger charge is -2.21. The predicted octanol–water partition coefficient (Wildman–Crippen LogP) is 1.34. The third-order valence-electron chi connectivity index (χ3n) is 1.97. The third-order valence-corrected chi connectivity index (χ3v) is 2.78. The number of hydrogen-bond acceptors (Lipinski definition) is 5. The van der Waals surface area contributed by atoms with E-state index in [-0.39, 0.29) is 11.2 Å². The summed E-state index contributed by atoms with van der Waals surface area (Å²) < 4.78 is 39.8. The van der Waals surface area contributed by atoms with Crippen molar-refractivity contribution in [3.63, 3.8) is 0 Å². The minimum absolute atomic E-state index is 0.0703. The molecule has 1 aromatic heterocycles. The van der Waals surface area contributed by atoms with Gasteiger partial charge in [0, 0.05) is 31.2 Å². The molecule has 0 bridgehead atoms. The molecule has 0 saturated carbocycles. The molecule has 2 N–H and O–H groups in total. The van der Waals surface area contributed by atoms with Crippen molar-refractivity contribution in [1.29, 1.82) is 0 Å². The zero-order valence-corrected chi connectivity index (χ0v) is 9.06.